The summed E-state index contributed by atoms with van der Waals surface area (Å²) in [6, 6.07) is 2.45. The minimum atomic E-state index is -2.73. The van der Waals surface area contributed by atoms with E-state index in [0.717, 1.165) is 34.8 Å². The van der Waals surface area contributed by atoms with Gasteiger partial charge in [0, 0.05) is 41.8 Å². The number of nitrogens with zero attached hydrogens (tertiary/aromatic N) is 5. The summed E-state index contributed by atoms with van der Waals surface area (Å²) in [4.78, 5) is 7.12. The van der Waals surface area contributed by atoms with Crippen LogP contribution in [0.25, 0.3) is 16.3 Å². The van der Waals surface area contributed by atoms with E-state index in [1.807, 2.05) is 6.07 Å². The van der Waals surface area contributed by atoms with E-state index in [4.69, 9.17) is 0 Å². The summed E-state index contributed by atoms with van der Waals surface area (Å²) in [5.74, 6) is -0.472. The van der Waals surface area contributed by atoms with Crippen LogP contribution < -0.4 is 14.9 Å². The predicted octanol–water partition coefficient (Wildman–Crippen LogP) is 4.27. The number of hydrogen-bond acceptors (Lipinski definition) is 8. The van der Waals surface area contributed by atoms with Crippen molar-refractivity contribution < 1.29 is 13.2 Å². The van der Waals surface area contributed by atoms with Crippen LogP contribution in [0, 0.1) is 5.95 Å². The van der Waals surface area contributed by atoms with Gasteiger partial charge in [-0.25, -0.2) is 8.78 Å². The van der Waals surface area contributed by atoms with Gasteiger partial charge in [0.15, 0.2) is 15.8 Å². The van der Waals surface area contributed by atoms with Gasteiger partial charge in [-0.1, -0.05) is 11.3 Å². The van der Waals surface area contributed by atoms with Crippen LogP contribution in [0.2, 0.25) is 0 Å². The van der Waals surface area contributed by atoms with Crippen LogP contribution in [0.5, 0.6) is 0 Å². The van der Waals surface area contributed by atoms with E-state index in [1.165, 1.54) is 11.9 Å². The van der Waals surface area contributed by atoms with Crippen LogP contribution in [-0.2, 0) is 0 Å². The van der Waals surface area contributed by atoms with Crippen LogP contribution in [-0.4, -0.2) is 50.3 Å². The molecule has 0 radical (unpaired) electrons. The second-order valence-corrected chi connectivity index (χ2v) is 10.8. The van der Waals surface area contributed by atoms with Crippen LogP contribution in [0.1, 0.15) is 45.0 Å². The molecule has 7 nitrogen and oxygen atoms in total. The van der Waals surface area contributed by atoms with E-state index in [0.29, 0.717) is 18.6 Å². The Labute approximate surface area is 191 Å². The minimum absolute atomic E-state index is 0.103. The molecule has 1 aliphatic heterocycles. The van der Waals surface area contributed by atoms with Crippen molar-refractivity contribution in [3.8, 4) is 10.8 Å². The number of anilines is 1. The van der Waals surface area contributed by atoms with Crippen LogP contribution >= 0.6 is 23.3 Å². The van der Waals surface area contributed by atoms with Gasteiger partial charge in [0.25, 0.3) is 6.43 Å². The molecule has 3 aromatic heterocycles. The lowest BCUT2D eigenvalue weighted by Gasteiger charge is -2.38. The van der Waals surface area contributed by atoms with Gasteiger partial charge in [0.1, 0.15) is 5.52 Å². The van der Waals surface area contributed by atoms with Crippen molar-refractivity contribution in [1.82, 2.24) is 29.6 Å². The molecule has 1 saturated carbocycles. The van der Waals surface area contributed by atoms with Crippen LogP contribution in [0.4, 0.5) is 18.9 Å². The van der Waals surface area contributed by atoms with E-state index >= 15 is 4.39 Å². The van der Waals surface area contributed by atoms with Crippen molar-refractivity contribution in [2.45, 2.75) is 62.6 Å². The summed E-state index contributed by atoms with van der Waals surface area (Å²) in [6.07, 6.45) is 1.26. The van der Waals surface area contributed by atoms with Gasteiger partial charge < -0.3 is 10.2 Å². The van der Waals surface area contributed by atoms with E-state index < -0.39 is 17.4 Å². The van der Waals surface area contributed by atoms with Gasteiger partial charge in [0.05, 0.1) is 5.69 Å². The zero-order valence-corrected chi connectivity index (χ0v) is 19.5. The molecular formula is C20H24F3N7S2. The molecule has 2 atom stereocenters. The molecule has 3 aromatic rings. The van der Waals surface area contributed by atoms with Crippen molar-refractivity contribution in [3.63, 3.8) is 0 Å². The second kappa shape index (κ2) is 8.15. The molecule has 0 bridgehead atoms. The molecule has 2 N–H and O–H groups in total. The first-order valence-corrected chi connectivity index (χ1v) is 12.1. The minimum Gasteiger partial charge on any atom is -0.367 e. The van der Waals surface area contributed by atoms with Crippen molar-refractivity contribution in [1.29, 1.82) is 0 Å². The monoisotopic (exact) mass is 483 g/mol. The molecule has 1 aliphatic carbocycles. The van der Waals surface area contributed by atoms with Gasteiger partial charge in [-0.3, -0.25) is 9.12 Å². The first kappa shape index (κ1) is 21.9. The topological polar surface area (TPSA) is 70.4 Å². The zero-order valence-electron chi connectivity index (χ0n) is 17.9. The fourth-order valence-electron chi connectivity index (χ4n) is 3.98. The Kier molecular flexibility index (Phi) is 5.59. The fourth-order valence-corrected chi connectivity index (χ4v) is 5.57. The maximum Gasteiger partial charge on any atom is 0.291 e. The Balaban J connectivity index is 1.62. The average molecular weight is 484 g/mol. The number of fused-ring (bicyclic) bond motifs is 1. The first-order valence-electron chi connectivity index (χ1n) is 10.5. The van der Waals surface area contributed by atoms with Crippen molar-refractivity contribution in [3.05, 3.63) is 23.2 Å². The molecule has 4 heterocycles. The van der Waals surface area contributed by atoms with Gasteiger partial charge >= 0.3 is 0 Å². The lowest BCUT2D eigenvalue weighted by molar-refractivity contribution is 0.150. The number of nitrogens with one attached hydrogen (secondary N) is 2. The second-order valence-electron chi connectivity index (χ2n) is 8.89. The van der Waals surface area contributed by atoms with Crippen molar-refractivity contribution in [2.75, 3.05) is 18.0 Å². The molecule has 1 saturated heterocycles. The number of imidazole rings is 1. The molecule has 12 heteroatoms. The molecule has 2 aliphatic rings. The number of halogens is 3. The predicted molar refractivity (Wildman–Crippen MR) is 120 cm³/mol. The molecule has 0 amide bonds. The molecule has 0 aromatic carbocycles. The summed E-state index contributed by atoms with van der Waals surface area (Å²) in [5.41, 5.74) is 1.15. The number of aromatic nitrogens is 4. The lowest BCUT2D eigenvalue weighted by atomic mass is 10.1. The third-order valence-corrected chi connectivity index (χ3v) is 7.76. The summed E-state index contributed by atoms with van der Waals surface area (Å²) >= 11 is 2.22. The number of piperazine rings is 1. The van der Waals surface area contributed by atoms with Crippen LogP contribution in [0.3, 0.4) is 0 Å². The van der Waals surface area contributed by atoms with Gasteiger partial charge in [-0.2, -0.15) is 9.37 Å². The standard InChI is InChI=1S/C20H24F3N7S2/c1-10-7-29(8-11(2)24-10)13-6-12(32-28-20(3)4-5-20)9-30-14(13)16(23)25-17(30)19-27-26-18(31-19)15(21)22/h6,9-11,15,24,28H,4-5,7-8H2,1-3H3/t10-,11?/m0/s1. The fraction of sp³-hybridized carbons (Fsp3) is 0.550. The summed E-state index contributed by atoms with van der Waals surface area (Å²) in [5, 5.41) is 10.6. The van der Waals surface area contributed by atoms with Crippen molar-refractivity contribution >= 4 is 34.5 Å². The average Bonchev–Trinajstić information content (AvgIpc) is 3.13. The first-order chi connectivity index (χ1) is 15.2. The quantitative estimate of drug-likeness (QED) is 0.508. The Morgan fingerprint density at radius 1 is 1.25 bits per heavy atom. The lowest BCUT2D eigenvalue weighted by Crippen LogP contribution is -2.54. The third-order valence-electron chi connectivity index (χ3n) is 5.78. The highest BCUT2D eigenvalue weighted by Gasteiger charge is 2.37. The molecule has 172 valence electrons. The molecule has 0 spiro atoms. The molecule has 32 heavy (non-hydrogen) atoms. The van der Waals surface area contributed by atoms with E-state index in [9.17, 15) is 8.78 Å². The summed E-state index contributed by atoms with van der Waals surface area (Å²) in [7, 11) is 0. The van der Waals surface area contributed by atoms with E-state index in [2.05, 4.69) is 50.9 Å². The Morgan fingerprint density at radius 2 is 1.97 bits per heavy atom. The molecule has 1 unspecified atom stereocenters. The largest absolute Gasteiger partial charge is 0.367 e. The normalized spacial score (nSPS) is 22.8. The molecule has 5 rings (SSSR count). The Bertz CT molecular complexity index is 1130. The maximum absolute atomic E-state index is 15.2. The Morgan fingerprint density at radius 3 is 2.59 bits per heavy atom. The number of rotatable bonds is 6. The van der Waals surface area contributed by atoms with Gasteiger partial charge in [-0.15, -0.1) is 10.2 Å². The third kappa shape index (κ3) is 4.20. The zero-order chi connectivity index (χ0) is 22.6. The maximum atomic E-state index is 15.2. The number of alkyl halides is 2. The van der Waals surface area contributed by atoms with Gasteiger partial charge in [0.2, 0.25) is 5.95 Å². The molecule has 2 fully saturated rings. The highest BCUT2D eigenvalue weighted by atomic mass is 32.2. The summed E-state index contributed by atoms with van der Waals surface area (Å²) < 4.78 is 46.4. The van der Waals surface area contributed by atoms with Crippen molar-refractivity contribution in [2.24, 2.45) is 0 Å². The highest BCUT2D eigenvalue weighted by molar-refractivity contribution is 7.97. The number of pyridine rings is 1. The van der Waals surface area contributed by atoms with Gasteiger partial charge in [-0.05, 0) is 51.6 Å². The Hall–Kier alpha value is -1.89. The van der Waals surface area contributed by atoms with E-state index in [1.54, 1.807) is 10.6 Å². The smallest absolute Gasteiger partial charge is 0.291 e. The highest BCUT2D eigenvalue weighted by Crippen LogP contribution is 2.40. The number of hydrogen-bond donors (Lipinski definition) is 2. The summed E-state index contributed by atoms with van der Waals surface area (Å²) in [6.45, 7) is 7.79. The molecular weight excluding hydrogens is 459 g/mol. The van der Waals surface area contributed by atoms with Crippen LogP contribution in [0.15, 0.2) is 17.2 Å². The SMILES string of the molecule is CC1CN(c2cc(SNC3(C)CC3)cn3c(-c4nnc(C(F)F)s4)nc(F)c23)C[C@H](C)N1. The van der Waals surface area contributed by atoms with E-state index in [-0.39, 0.29) is 28.5 Å².